The summed E-state index contributed by atoms with van der Waals surface area (Å²) >= 11 is 0. The van der Waals surface area contributed by atoms with Gasteiger partial charge in [0.1, 0.15) is 11.5 Å². The lowest BCUT2D eigenvalue weighted by Gasteiger charge is -2.27. The Hall–Kier alpha value is -2.70. The molecule has 1 aliphatic rings. The summed E-state index contributed by atoms with van der Waals surface area (Å²) in [6.45, 7) is 27.3. The van der Waals surface area contributed by atoms with Crippen LogP contribution in [0, 0.1) is 0 Å². The number of hydrogen-bond donors (Lipinski definition) is 2. The van der Waals surface area contributed by atoms with E-state index < -0.39 is 0 Å². The molecule has 6 heteroatoms. The highest BCUT2D eigenvalue weighted by Crippen LogP contribution is 2.36. The number of benzene rings is 2. The Bertz CT molecular complexity index is 1180. The minimum Gasteiger partial charge on any atom is -0.507 e. The molecule has 244 valence electrons. The molecule has 44 heavy (non-hydrogen) atoms. The SMILES string of the molecule is CCN(CC)Cc1cc(/C=N/[C@@H]2CCCC[C@H]2/N=C/c2cc(CN(CC)CC)cc(C(C)(C)C)c2O)c(O)c(C(C)(C)C)c1. The molecule has 0 amide bonds. The predicted octanol–water partition coefficient (Wildman–Crippen LogP) is 8.23. The van der Waals surface area contributed by atoms with Crippen molar-refractivity contribution in [2.24, 2.45) is 9.98 Å². The number of phenols is 2. The van der Waals surface area contributed by atoms with Gasteiger partial charge in [-0.1, -0.05) is 94.2 Å². The fraction of sp³-hybridized carbons (Fsp3) is 0.632. The zero-order valence-corrected chi connectivity index (χ0v) is 29.4. The lowest BCUT2D eigenvalue weighted by atomic mass is 9.84. The molecule has 1 saturated carbocycles. The molecule has 2 aromatic rings. The van der Waals surface area contributed by atoms with Crippen molar-refractivity contribution in [1.82, 2.24) is 9.80 Å². The summed E-state index contributed by atoms with van der Waals surface area (Å²) in [6, 6.07) is 8.58. The van der Waals surface area contributed by atoms with Crippen LogP contribution in [-0.2, 0) is 23.9 Å². The molecule has 0 aliphatic heterocycles. The van der Waals surface area contributed by atoms with Crippen LogP contribution < -0.4 is 0 Å². The highest BCUT2D eigenvalue weighted by atomic mass is 16.3. The van der Waals surface area contributed by atoms with E-state index in [1.54, 1.807) is 0 Å². The van der Waals surface area contributed by atoms with Gasteiger partial charge in [0.15, 0.2) is 0 Å². The van der Waals surface area contributed by atoms with Gasteiger partial charge < -0.3 is 10.2 Å². The first kappa shape index (κ1) is 35.8. The van der Waals surface area contributed by atoms with Gasteiger partial charge in [-0.25, -0.2) is 0 Å². The number of phenolic OH excluding ortho intramolecular Hbond substituents is 2. The second kappa shape index (κ2) is 15.5. The average Bonchev–Trinajstić information content (AvgIpc) is 2.97. The number of hydrogen-bond acceptors (Lipinski definition) is 6. The van der Waals surface area contributed by atoms with E-state index in [0.717, 1.165) is 87.2 Å². The van der Waals surface area contributed by atoms with Gasteiger partial charge in [0.25, 0.3) is 0 Å². The fourth-order valence-corrected chi connectivity index (χ4v) is 6.16. The van der Waals surface area contributed by atoms with Crippen LogP contribution in [0.2, 0.25) is 0 Å². The van der Waals surface area contributed by atoms with Crippen molar-refractivity contribution in [1.29, 1.82) is 0 Å². The van der Waals surface area contributed by atoms with Crippen molar-refractivity contribution >= 4 is 12.4 Å². The summed E-state index contributed by atoms with van der Waals surface area (Å²) in [5.74, 6) is 0.648. The van der Waals surface area contributed by atoms with Gasteiger partial charge in [-0.05, 0) is 73.1 Å². The molecule has 1 fully saturated rings. The van der Waals surface area contributed by atoms with Crippen LogP contribution in [0.25, 0.3) is 0 Å². The van der Waals surface area contributed by atoms with Crippen LogP contribution in [0.3, 0.4) is 0 Å². The quantitative estimate of drug-likeness (QED) is 0.240. The van der Waals surface area contributed by atoms with E-state index in [0.29, 0.717) is 11.5 Å². The molecule has 0 spiro atoms. The summed E-state index contributed by atoms with van der Waals surface area (Å²) < 4.78 is 0. The molecule has 2 N–H and O–H groups in total. The molecular weight excluding hydrogens is 544 g/mol. The monoisotopic (exact) mass is 604 g/mol. The predicted molar refractivity (Wildman–Crippen MR) is 188 cm³/mol. The largest absolute Gasteiger partial charge is 0.507 e. The summed E-state index contributed by atoms with van der Waals surface area (Å²) in [6.07, 6.45) is 7.93. The van der Waals surface area contributed by atoms with E-state index >= 15 is 0 Å². The van der Waals surface area contributed by atoms with Gasteiger partial charge in [0.2, 0.25) is 0 Å². The maximum atomic E-state index is 11.3. The first-order chi connectivity index (χ1) is 20.7. The van der Waals surface area contributed by atoms with Crippen LogP contribution in [0.1, 0.15) is 128 Å². The highest BCUT2D eigenvalue weighted by molar-refractivity contribution is 5.86. The van der Waals surface area contributed by atoms with Gasteiger partial charge in [0, 0.05) is 47.8 Å². The number of aromatic hydroxyl groups is 2. The van der Waals surface area contributed by atoms with Crippen LogP contribution in [-0.4, -0.2) is 70.7 Å². The van der Waals surface area contributed by atoms with Crippen molar-refractivity contribution in [3.8, 4) is 11.5 Å². The third-order valence-corrected chi connectivity index (χ3v) is 9.12. The van der Waals surface area contributed by atoms with Gasteiger partial charge in [-0.2, -0.15) is 0 Å². The smallest absolute Gasteiger partial charge is 0.128 e. The van der Waals surface area contributed by atoms with Crippen molar-refractivity contribution in [3.63, 3.8) is 0 Å². The lowest BCUT2D eigenvalue weighted by molar-refractivity contribution is 0.295. The summed E-state index contributed by atoms with van der Waals surface area (Å²) in [5, 5.41) is 22.7. The topological polar surface area (TPSA) is 71.7 Å². The zero-order valence-electron chi connectivity index (χ0n) is 29.4. The number of nitrogens with zero attached hydrogens (tertiary/aromatic N) is 4. The summed E-state index contributed by atoms with van der Waals surface area (Å²) in [5.41, 5.74) is 5.51. The molecule has 6 nitrogen and oxygen atoms in total. The minimum atomic E-state index is -0.183. The van der Waals surface area contributed by atoms with Crippen molar-refractivity contribution in [2.45, 2.75) is 131 Å². The second-order valence-corrected chi connectivity index (χ2v) is 14.6. The minimum absolute atomic E-state index is 0.0343. The molecule has 0 heterocycles. The highest BCUT2D eigenvalue weighted by Gasteiger charge is 2.26. The molecule has 2 aromatic carbocycles. The first-order valence-corrected chi connectivity index (χ1v) is 16.9. The standard InChI is InChI=1S/C38H60N4O2/c1-11-41(12-2)25-27-19-29(35(43)31(21-27)37(5,6)7)23-39-33-17-15-16-18-34(33)40-24-30-20-28(26-42(13-3)14-4)22-32(36(30)44)38(8,9)10/h19-24,33-34,43-44H,11-18,25-26H2,1-10H3/b39-23+,40-24+/t33-,34-/m1/s1. The van der Waals surface area contributed by atoms with E-state index in [-0.39, 0.29) is 22.9 Å². The lowest BCUT2D eigenvalue weighted by Crippen LogP contribution is -2.27. The Kier molecular flexibility index (Phi) is 12.6. The molecular formula is C38H60N4O2. The molecule has 0 saturated heterocycles. The molecule has 0 unspecified atom stereocenters. The molecule has 0 aromatic heterocycles. The van der Waals surface area contributed by atoms with E-state index in [1.165, 1.54) is 11.1 Å². The Balaban J connectivity index is 1.95. The Morgan fingerprint density at radius 1 is 0.636 bits per heavy atom. The number of rotatable bonds is 12. The maximum Gasteiger partial charge on any atom is 0.128 e. The van der Waals surface area contributed by atoms with E-state index in [4.69, 9.17) is 9.98 Å². The Morgan fingerprint density at radius 2 is 0.977 bits per heavy atom. The van der Waals surface area contributed by atoms with Crippen molar-refractivity contribution in [3.05, 3.63) is 57.6 Å². The maximum absolute atomic E-state index is 11.3. The van der Waals surface area contributed by atoms with Gasteiger partial charge in [-0.3, -0.25) is 19.8 Å². The molecule has 1 aliphatic carbocycles. The Morgan fingerprint density at radius 3 is 1.27 bits per heavy atom. The molecule has 0 radical (unpaired) electrons. The van der Waals surface area contributed by atoms with Crippen LogP contribution >= 0.6 is 0 Å². The zero-order chi connectivity index (χ0) is 32.7. The van der Waals surface area contributed by atoms with E-state index in [1.807, 2.05) is 12.4 Å². The number of aliphatic imine (C=N–C) groups is 2. The second-order valence-electron chi connectivity index (χ2n) is 14.6. The van der Waals surface area contributed by atoms with Crippen LogP contribution in [0.5, 0.6) is 11.5 Å². The summed E-state index contributed by atoms with van der Waals surface area (Å²) in [7, 11) is 0. The van der Waals surface area contributed by atoms with Gasteiger partial charge >= 0.3 is 0 Å². The molecule has 0 bridgehead atoms. The van der Waals surface area contributed by atoms with Gasteiger partial charge in [0.05, 0.1) is 12.1 Å². The summed E-state index contributed by atoms with van der Waals surface area (Å²) in [4.78, 5) is 14.9. The average molecular weight is 605 g/mol. The van der Waals surface area contributed by atoms with Crippen LogP contribution in [0.4, 0.5) is 0 Å². The molecule has 3 rings (SSSR count). The van der Waals surface area contributed by atoms with Crippen LogP contribution in [0.15, 0.2) is 34.3 Å². The normalized spacial score (nSPS) is 18.4. The van der Waals surface area contributed by atoms with Crippen molar-refractivity contribution < 1.29 is 10.2 Å². The third-order valence-electron chi connectivity index (χ3n) is 9.12. The first-order valence-electron chi connectivity index (χ1n) is 16.9. The van der Waals surface area contributed by atoms with E-state index in [9.17, 15) is 10.2 Å². The van der Waals surface area contributed by atoms with E-state index in [2.05, 4.69) is 103 Å². The van der Waals surface area contributed by atoms with Crippen molar-refractivity contribution in [2.75, 3.05) is 26.2 Å². The Labute approximate surface area is 268 Å². The fourth-order valence-electron chi connectivity index (χ4n) is 6.16. The third kappa shape index (κ3) is 9.40. The van der Waals surface area contributed by atoms with Gasteiger partial charge in [-0.15, -0.1) is 0 Å². The molecule has 2 atom stereocenters.